The number of hydrogen-bond donors (Lipinski definition) is 1. The summed E-state index contributed by atoms with van der Waals surface area (Å²) >= 11 is 0. The van der Waals surface area contributed by atoms with Crippen molar-refractivity contribution in [2.24, 2.45) is 0 Å². The minimum absolute atomic E-state index is 0.124. The molecule has 0 aliphatic rings. The van der Waals surface area contributed by atoms with E-state index in [1.165, 1.54) is 19.5 Å². The summed E-state index contributed by atoms with van der Waals surface area (Å²) in [4.78, 5) is 32.9. The molecule has 4 aromatic rings. The Kier molecular flexibility index (Phi) is 6.08. The number of fused-ring (bicyclic) bond motifs is 1. The van der Waals surface area contributed by atoms with Crippen LogP contribution in [0.3, 0.4) is 0 Å². The average molecular weight is 391 g/mol. The lowest BCUT2D eigenvalue weighted by molar-refractivity contribution is 0.0593. The fourth-order valence-electron chi connectivity index (χ4n) is 2.69. The van der Waals surface area contributed by atoms with Crippen LogP contribution in [0.4, 0.5) is 11.8 Å². The molecule has 148 valence electrons. The first-order valence-electron chi connectivity index (χ1n) is 9.10. The van der Waals surface area contributed by atoms with Gasteiger partial charge in [-0.15, -0.1) is 0 Å². The van der Waals surface area contributed by atoms with Crippen molar-refractivity contribution in [1.82, 2.24) is 29.3 Å². The molecule has 0 aliphatic heterocycles. The van der Waals surface area contributed by atoms with Gasteiger partial charge in [0.25, 0.3) is 0 Å². The third-order valence-corrected chi connectivity index (χ3v) is 3.89. The van der Waals surface area contributed by atoms with Crippen molar-refractivity contribution in [3.8, 4) is 11.4 Å². The number of carbonyl (C=O) groups is 1. The maximum absolute atomic E-state index is 11.4. The summed E-state index contributed by atoms with van der Waals surface area (Å²) in [7, 11) is 1.29. The quantitative estimate of drug-likeness (QED) is 0.527. The monoisotopic (exact) mass is 391 g/mol. The molecule has 4 rings (SSSR count). The van der Waals surface area contributed by atoms with Crippen LogP contribution >= 0.6 is 0 Å². The second-order valence-electron chi connectivity index (χ2n) is 5.64. The van der Waals surface area contributed by atoms with Crippen LogP contribution in [0.2, 0.25) is 0 Å². The molecule has 1 N–H and O–H groups in total. The Morgan fingerprint density at radius 1 is 1.07 bits per heavy atom. The summed E-state index contributed by atoms with van der Waals surface area (Å²) in [5, 5.41) is 2.98. The third kappa shape index (κ3) is 4.18. The Labute approximate surface area is 167 Å². The van der Waals surface area contributed by atoms with Crippen LogP contribution in [0.25, 0.3) is 17.0 Å². The van der Waals surface area contributed by atoms with Gasteiger partial charge in [0.2, 0.25) is 5.95 Å². The normalized spacial score (nSPS) is 10.2. The van der Waals surface area contributed by atoms with Gasteiger partial charge < -0.3 is 10.1 Å². The minimum Gasteiger partial charge on any atom is -0.464 e. The van der Waals surface area contributed by atoms with E-state index in [1.807, 2.05) is 55.6 Å². The molecule has 0 aromatic carbocycles. The Morgan fingerprint density at radius 3 is 2.62 bits per heavy atom. The SMILES string of the molecule is CC.COC(=O)c1cnc(Nc2nccc(-c3c(C)nc4ccccn34)n2)cn1. The number of pyridine rings is 1. The molecule has 0 unspecified atom stereocenters. The van der Waals surface area contributed by atoms with Gasteiger partial charge in [-0.1, -0.05) is 19.9 Å². The molecule has 0 bridgehead atoms. The van der Waals surface area contributed by atoms with E-state index in [1.54, 1.807) is 6.20 Å². The molecular weight excluding hydrogens is 370 g/mol. The smallest absolute Gasteiger partial charge is 0.358 e. The molecule has 9 heteroatoms. The van der Waals surface area contributed by atoms with Crippen molar-refractivity contribution in [1.29, 1.82) is 0 Å². The van der Waals surface area contributed by atoms with Gasteiger partial charge in [0.15, 0.2) is 11.5 Å². The summed E-state index contributed by atoms with van der Waals surface area (Å²) in [6, 6.07) is 7.64. The van der Waals surface area contributed by atoms with Gasteiger partial charge in [-0.3, -0.25) is 4.40 Å². The highest BCUT2D eigenvalue weighted by Gasteiger charge is 2.13. The number of ether oxygens (including phenoxy) is 1. The zero-order valence-electron chi connectivity index (χ0n) is 16.6. The predicted octanol–water partition coefficient (Wildman–Crippen LogP) is 3.45. The lowest BCUT2D eigenvalue weighted by Crippen LogP contribution is -2.06. The van der Waals surface area contributed by atoms with Crippen molar-refractivity contribution in [3.05, 3.63) is 60.4 Å². The van der Waals surface area contributed by atoms with E-state index in [2.05, 4.69) is 35.0 Å². The highest BCUT2D eigenvalue weighted by atomic mass is 16.5. The van der Waals surface area contributed by atoms with E-state index >= 15 is 0 Å². The molecule has 0 atom stereocenters. The predicted molar refractivity (Wildman–Crippen MR) is 109 cm³/mol. The number of hydrogen-bond acceptors (Lipinski definition) is 8. The van der Waals surface area contributed by atoms with E-state index in [0.29, 0.717) is 11.8 Å². The zero-order valence-corrected chi connectivity index (χ0v) is 16.6. The largest absolute Gasteiger partial charge is 0.464 e. The molecule has 29 heavy (non-hydrogen) atoms. The summed E-state index contributed by atoms with van der Waals surface area (Å²) < 4.78 is 6.58. The molecular formula is C20H21N7O2. The zero-order chi connectivity index (χ0) is 20.8. The first-order valence-corrected chi connectivity index (χ1v) is 9.10. The van der Waals surface area contributed by atoms with Crippen LogP contribution in [-0.2, 0) is 4.74 Å². The van der Waals surface area contributed by atoms with E-state index in [-0.39, 0.29) is 5.69 Å². The number of imidazole rings is 1. The van der Waals surface area contributed by atoms with E-state index in [9.17, 15) is 4.79 Å². The molecule has 0 aliphatic carbocycles. The maximum atomic E-state index is 11.4. The van der Waals surface area contributed by atoms with Crippen molar-refractivity contribution >= 4 is 23.4 Å². The molecule has 0 saturated carbocycles. The maximum Gasteiger partial charge on any atom is 0.358 e. The number of esters is 1. The minimum atomic E-state index is -0.546. The number of anilines is 2. The Bertz CT molecular complexity index is 1120. The van der Waals surface area contributed by atoms with Gasteiger partial charge >= 0.3 is 5.97 Å². The van der Waals surface area contributed by atoms with Gasteiger partial charge in [0.05, 0.1) is 36.6 Å². The van der Waals surface area contributed by atoms with Crippen molar-refractivity contribution in [2.45, 2.75) is 20.8 Å². The van der Waals surface area contributed by atoms with Crippen LogP contribution in [0.1, 0.15) is 30.0 Å². The number of nitrogens with zero attached hydrogens (tertiary/aromatic N) is 6. The van der Waals surface area contributed by atoms with Gasteiger partial charge in [0, 0.05) is 12.4 Å². The van der Waals surface area contributed by atoms with Crippen molar-refractivity contribution in [2.75, 3.05) is 12.4 Å². The summed E-state index contributed by atoms with van der Waals surface area (Å²) in [5.41, 5.74) is 3.46. The summed E-state index contributed by atoms with van der Waals surface area (Å²) in [5.74, 6) is 0.225. The molecule has 4 aromatic heterocycles. The molecule has 0 amide bonds. The lowest BCUT2D eigenvalue weighted by atomic mass is 10.2. The van der Waals surface area contributed by atoms with Gasteiger partial charge in [-0.25, -0.2) is 29.7 Å². The van der Waals surface area contributed by atoms with Gasteiger partial charge in [0.1, 0.15) is 5.65 Å². The van der Waals surface area contributed by atoms with Crippen molar-refractivity contribution < 1.29 is 9.53 Å². The first-order chi connectivity index (χ1) is 14.2. The lowest BCUT2D eigenvalue weighted by Gasteiger charge is -2.07. The molecule has 0 saturated heterocycles. The highest BCUT2D eigenvalue weighted by molar-refractivity contribution is 5.86. The molecule has 9 nitrogen and oxygen atoms in total. The second kappa shape index (κ2) is 8.87. The standard InChI is InChI=1S/C18H15N7O2.C2H6/c1-11-16(25-8-4-3-5-15(25)22-11)12-6-7-19-18(23-12)24-14-10-20-13(9-21-14)17(26)27-2;1-2/h3-10H,1-2H3,(H,19,21,23,24);1-2H3. The molecule has 0 radical (unpaired) electrons. The van der Waals surface area contributed by atoms with Gasteiger partial charge in [-0.05, 0) is 25.1 Å². The fraction of sp³-hybridized carbons (Fsp3) is 0.200. The second-order valence-corrected chi connectivity index (χ2v) is 5.64. The number of methoxy groups -OCH3 is 1. The van der Waals surface area contributed by atoms with Crippen LogP contribution in [0.15, 0.2) is 49.1 Å². The van der Waals surface area contributed by atoms with Crippen molar-refractivity contribution in [3.63, 3.8) is 0 Å². The molecule has 0 fully saturated rings. The summed E-state index contributed by atoms with van der Waals surface area (Å²) in [6.45, 7) is 5.94. The van der Waals surface area contributed by atoms with E-state index in [4.69, 9.17) is 0 Å². The third-order valence-electron chi connectivity index (χ3n) is 3.89. The Balaban J connectivity index is 0.00000117. The summed E-state index contributed by atoms with van der Waals surface area (Å²) in [6.07, 6.45) is 6.34. The van der Waals surface area contributed by atoms with E-state index in [0.717, 1.165) is 22.7 Å². The number of rotatable bonds is 4. The number of aromatic nitrogens is 6. The van der Waals surface area contributed by atoms with Gasteiger partial charge in [-0.2, -0.15) is 0 Å². The average Bonchev–Trinajstić information content (AvgIpc) is 3.11. The number of nitrogens with one attached hydrogen (secondary N) is 1. The first kappa shape index (κ1) is 19.9. The Hall–Kier alpha value is -3.88. The van der Waals surface area contributed by atoms with Crippen LogP contribution < -0.4 is 5.32 Å². The Morgan fingerprint density at radius 2 is 1.90 bits per heavy atom. The number of aryl methyl sites for hydroxylation is 1. The fourth-order valence-corrected chi connectivity index (χ4v) is 2.69. The topological polar surface area (TPSA) is 107 Å². The van der Waals surface area contributed by atoms with Crippen LogP contribution in [0, 0.1) is 6.92 Å². The van der Waals surface area contributed by atoms with Crippen LogP contribution in [-0.4, -0.2) is 42.4 Å². The highest BCUT2D eigenvalue weighted by Crippen LogP contribution is 2.24. The van der Waals surface area contributed by atoms with E-state index < -0.39 is 5.97 Å². The number of carbonyl (C=O) groups excluding carboxylic acids is 1. The molecule has 4 heterocycles. The van der Waals surface area contributed by atoms with Crippen LogP contribution in [0.5, 0.6) is 0 Å². The molecule has 0 spiro atoms.